The summed E-state index contributed by atoms with van der Waals surface area (Å²) in [5.41, 5.74) is 3.25. The number of benzene rings is 2. The van der Waals surface area contributed by atoms with E-state index in [-0.39, 0.29) is 18.4 Å². The number of hydrogen-bond acceptors (Lipinski definition) is 6. The Hall–Kier alpha value is -5.24. The number of piperidine rings is 1. The fourth-order valence-electron chi connectivity index (χ4n) is 4.67. The molecule has 1 atom stereocenters. The SMILES string of the molecule is N#CC(=C1CCN(C(=O)C(=O)c2c[nH]c3c(NC(=O)NC(C=O)CCC(=O)O)cccc23)CC1)c1ccccc1. The number of carboxylic acids is 1. The van der Waals surface area contributed by atoms with Gasteiger partial charge in [-0.2, -0.15) is 5.26 Å². The Balaban J connectivity index is 1.44. The Labute approximate surface area is 229 Å². The smallest absolute Gasteiger partial charge is 0.319 e. The van der Waals surface area contributed by atoms with E-state index < -0.39 is 29.7 Å². The minimum atomic E-state index is -1.09. The average Bonchev–Trinajstić information content (AvgIpc) is 3.41. The van der Waals surface area contributed by atoms with Gasteiger partial charge >= 0.3 is 12.0 Å². The Morgan fingerprint density at radius 1 is 1.07 bits per heavy atom. The molecule has 1 aliphatic heterocycles. The van der Waals surface area contributed by atoms with Crippen molar-refractivity contribution in [3.05, 3.63) is 71.4 Å². The number of nitriles is 1. The first-order valence-corrected chi connectivity index (χ1v) is 12.7. The number of aliphatic carboxylic acids is 1. The second kappa shape index (κ2) is 12.5. The van der Waals surface area contributed by atoms with Crippen LogP contribution in [0.3, 0.4) is 0 Å². The van der Waals surface area contributed by atoms with Gasteiger partial charge in [0.25, 0.3) is 11.7 Å². The van der Waals surface area contributed by atoms with Crippen molar-refractivity contribution in [3.63, 3.8) is 0 Å². The maximum Gasteiger partial charge on any atom is 0.319 e. The van der Waals surface area contributed by atoms with Gasteiger partial charge in [0.15, 0.2) is 0 Å². The van der Waals surface area contributed by atoms with Crippen LogP contribution >= 0.6 is 0 Å². The molecule has 0 saturated carbocycles. The van der Waals surface area contributed by atoms with E-state index in [0.717, 1.165) is 11.1 Å². The zero-order valence-corrected chi connectivity index (χ0v) is 21.5. The van der Waals surface area contributed by atoms with Crippen LogP contribution in [0.25, 0.3) is 16.5 Å². The van der Waals surface area contributed by atoms with E-state index in [9.17, 15) is 29.2 Å². The van der Waals surface area contributed by atoms with Crippen LogP contribution in [0.5, 0.6) is 0 Å². The molecule has 4 rings (SSSR count). The lowest BCUT2D eigenvalue weighted by molar-refractivity contribution is -0.137. The zero-order chi connectivity index (χ0) is 28.6. The van der Waals surface area contributed by atoms with Crippen molar-refractivity contribution in [1.29, 1.82) is 5.26 Å². The number of urea groups is 1. The average molecular weight is 542 g/mol. The third-order valence-electron chi connectivity index (χ3n) is 6.73. The second-order valence-corrected chi connectivity index (χ2v) is 9.28. The highest BCUT2D eigenvalue weighted by atomic mass is 16.4. The lowest BCUT2D eigenvalue weighted by atomic mass is 9.93. The fourth-order valence-corrected chi connectivity index (χ4v) is 4.67. The van der Waals surface area contributed by atoms with Crippen LogP contribution in [0.2, 0.25) is 0 Å². The number of aromatic amines is 1. The van der Waals surface area contributed by atoms with Crippen LogP contribution < -0.4 is 10.6 Å². The van der Waals surface area contributed by atoms with Crippen LogP contribution in [-0.2, 0) is 14.4 Å². The fraction of sp³-hybridized carbons (Fsp3) is 0.241. The van der Waals surface area contributed by atoms with E-state index in [1.165, 1.54) is 11.1 Å². The molecule has 1 unspecified atom stereocenters. The number of nitrogens with one attached hydrogen (secondary N) is 3. The summed E-state index contributed by atoms with van der Waals surface area (Å²) in [6, 6.07) is 14.8. The summed E-state index contributed by atoms with van der Waals surface area (Å²) >= 11 is 0. The highest BCUT2D eigenvalue weighted by Gasteiger charge is 2.29. The zero-order valence-electron chi connectivity index (χ0n) is 21.5. The molecule has 3 amide bonds. The molecule has 2 aromatic carbocycles. The molecule has 3 aromatic rings. The number of nitrogens with zero attached hydrogens (tertiary/aromatic N) is 2. The second-order valence-electron chi connectivity index (χ2n) is 9.28. The van der Waals surface area contributed by atoms with E-state index >= 15 is 0 Å². The molecule has 0 bridgehead atoms. The summed E-state index contributed by atoms with van der Waals surface area (Å²) in [6.07, 6.45) is 2.51. The Kier molecular flexibility index (Phi) is 8.71. The molecule has 1 saturated heterocycles. The molecular weight excluding hydrogens is 514 g/mol. The Morgan fingerprint density at radius 3 is 2.45 bits per heavy atom. The number of carbonyl (C=O) groups excluding carboxylic acids is 4. The van der Waals surface area contributed by atoms with Gasteiger partial charge in [-0.25, -0.2) is 4.79 Å². The number of amides is 3. The maximum atomic E-state index is 13.2. The molecule has 0 radical (unpaired) electrons. The lowest BCUT2D eigenvalue weighted by Gasteiger charge is -2.28. The van der Waals surface area contributed by atoms with Gasteiger partial charge in [0.1, 0.15) is 6.29 Å². The van der Waals surface area contributed by atoms with Gasteiger partial charge in [-0.15, -0.1) is 0 Å². The topological polar surface area (TPSA) is 172 Å². The summed E-state index contributed by atoms with van der Waals surface area (Å²) in [5, 5.41) is 23.9. The minimum absolute atomic E-state index is 0.0580. The van der Waals surface area contributed by atoms with Crippen LogP contribution in [0.15, 0.2) is 60.3 Å². The molecule has 204 valence electrons. The molecule has 1 aliphatic rings. The van der Waals surface area contributed by atoms with Crippen molar-refractivity contribution in [2.75, 3.05) is 18.4 Å². The summed E-state index contributed by atoms with van der Waals surface area (Å²) < 4.78 is 0. The van der Waals surface area contributed by atoms with Crippen LogP contribution in [0, 0.1) is 11.3 Å². The summed E-state index contributed by atoms with van der Waals surface area (Å²) in [5.74, 6) is -2.43. The Morgan fingerprint density at radius 2 is 1.80 bits per heavy atom. The maximum absolute atomic E-state index is 13.2. The standard InChI is InChI=1S/C29H27N5O6/c30-15-22(18-5-2-1-3-6-18)19-11-13-34(14-12-19)28(39)27(38)23-16-31-26-21(23)7-4-8-24(26)33-29(40)32-20(17-35)9-10-25(36)37/h1-8,16-17,20,31H,9-14H2,(H,36,37)(H2,32,33,40). The molecule has 2 heterocycles. The number of aromatic nitrogens is 1. The number of para-hydroxylation sites is 1. The number of likely N-dealkylation sites (tertiary alicyclic amines) is 1. The third kappa shape index (κ3) is 6.24. The molecule has 1 aromatic heterocycles. The molecule has 0 aliphatic carbocycles. The first kappa shape index (κ1) is 27.8. The van der Waals surface area contributed by atoms with E-state index in [1.54, 1.807) is 18.2 Å². The van der Waals surface area contributed by atoms with E-state index in [0.29, 0.717) is 54.4 Å². The van der Waals surface area contributed by atoms with Crippen molar-refractivity contribution in [3.8, 4) is 6.07 Å². The molecule has 4 N–H and O–H groups in total. The van der Waals surface area contributed by atoms with Gasteiger partial charge in [0.05, 0.1) is 34.5 Å². The van der Waals surface area contributed by atoms with Crippen molar-refractivity contribution >= 4 is 52.1 Å². The van der Waals surface area contributed by atoms with E-state index in [4.69, 9.17) is 5.11 Å². The summed E-state index contributed by atoms with van der Waals surface area (Å²) in [4.78, 5) is 65.1. The number of H-pyrrole nitrogens is 1. The van der Waals surface area contributed by atoms with Gasteiger partial charge in [0, 0.05) is 31.1 Å². The monoisotopic (exact) mass is 541 g/mol. The first-order valence-electron chi connectivity index (χ1n) is 12.7. The van der Waals surface area contributed by atoms with Crippen molar-refractivity contribution in [2.45, 2.75) is 31.7 Å². The number of carboxylic acid groups (broad SMARTS) is 1. The number of rotatable bonds is 9. The van der Waals surface area contributed by atoms with Crippen molar-refractivity contribution < 1.29 is 29.1 Å². The number of ketones is 1. The Bertz CT molecular complexity index is 1530. The van der Waals surface area contributed by atoms with Gasteiger partial charge in [-0.05, 0) is 36.5 Å². The molecule has 40 heavy (non-hydrogen) atoms. The van der Waals surface area contributed by atoms with Gasteiger partial charge in [-0.1, -0.05) is 42.5 Å². The van der Waals surface area contributed by atoms with Crippen LogP contribution in [0.4, 0.5) is 10.5 Å². The van der Waals surface area contributed by atoms with Crippen LogP contribution in [0.1, 0.15) is 41.6 Å². The highest BCUT2D eigenvalue weighted by Crippen LogP contribution is 2.29. The molecule has 11 nitrogen and oxygen atoms in total. The normalized spacial score (nSPS) is 13.7. The minimum Gasteiger partial charge on any atom is -0.481 e. The third-order valence-corrected chi connectivity index (χ3v) is 6.73. The van der Waals surface area contributed by atoms with E-state index in [2.05, 4.69) is 21.7 Å². The largest absolute Gasteiger partial charge is 0.481 e. The highest BCUT2D eigenvalue weighted by molar-refractivity contribution is 6.45. The van der Waals surface area contributed by atoms with Gasteiger partial charge in [-0.3, -0.25) is 14.4 Å². The van der Waals surface area contributed by atoms with Gasteiger partial charge < -0.3 is 30.4 Å². The number of allylic oxidation sites excluding steroid dienone is 1. The number of fused-ring (bicyclic) bond motifs is 1. The number of aldehydes is 1. The van der Waals surface area contributed by atoms with E-state index in [1.807, 2.05) is 30.3 Å². The summed E-state index contributed by atoms with van der Waals surface area (Å²) in [6.45, 7) is 0.625. The number of hydrogen-bond donors (Lipinski definition) is 4. The predicted octanol–water partition coefficient (Wildman–Crippen LogP) is 3.50. The quantitative estimate of drug-likeness (QED) is 0.139. The lowest BCUT2D eigenvalue weighted by Crippen LogP contribution is -2.40. The molecule has 11 heteroatoms. The predicted molar refractivity (Wildman–Crippen MR) is 146 cm³/mol. The van der Waals surface area contributed by atoms with Crippen molar-refractivity contribution in [1.82, 2.24) is 15.2 Å². The summed E-state index contributed by atoms with van der Waals surface area (Å²) in [7, 11) is 0. The molecule has 0 spiro atoms. The number of Topliss-reactive ketones (excluding diaryl/α,β-unsaturated/α-hetero) is 1. The van der Waals surface area contributed by atoms with Gasteiger partial charge in [0.2, 0.25) is 0 Å². The number of anilines is 1. The molecular formula is C29H27N5O6. The van der Waals surface area contributed by atoms with Crippen LogP contribution in [-0.4, -0.2) is 64.1 Å². The molecule has 1 fully saturated rings. The van der Waals surface area contributed by atoms with Crippen molar-refractivity contribution in [2.24, 2.45) is 0 Å². The first-order chi connectivity index (χ1) is 19.3. The number of carbonyl (C=O) groups is 5.